The molecule has 1 heterocycles. The first-order chi connectivity index (χ1) is 10.3. The minimum atomic E-state index is 0.846. The SMILES string of the molecule is CC1=NC=C(N(c2ccccc2)c2ccccc2)CN1C. The van der Waals surface area contributed by atoms with Gasteiger partial charge < -0.3 is 9.80 Å². The minimum Gasteiger partial charge on any atom is -0.357 e. The molecule has 0 atom stereocenters. The first-order valence-electron chi connectivity index (χ1n) is 7.10. The zero-order chi connectivity index (χ0) is 14.7. The Bertz CT molecular complexity index is 620. The number of anilines is 2. The van der Waals surface area contributed by atoms with Crippen LogP contribution in [-0.4, -0.2) is 24.3 Å². The average Bonchev–Trinajstić information content (AvgIpc) is 2.53. The highest BCUT2D eigenvalue weighted by atomic mass is 15.2. The number of rotatable bonds is 3. The third kappa shape index (κ3) is 2.82. The number of hydrogen-bond acceptors (Lipinski definition) is 3. The molecule has 0 spiro atoms. The van der Waals surface area contributed by atoms with Gasteiger partial charge in [-0.25, -0.2) is 4.99 Å². The van der Waals surface area contributed by atoms with E-state index in [0.29, 0.717) is 0 Å². The summed E-state index contributed by atoms with van der Waals surface area (Å²) >= 11 is 0. The van der Waals surface area contributed by atoms with Gasteiger partial charge in [0.1, 0.15) is 5.84 Å². The zero-order valence-electron chi connectivity index (χ0n) is 12.4. The average molecular weight is 277 g/mol. The van der Waals surface area contributed by atoms with Gasteiger partial charge in [-0.3, -0.25) is 0 Å². The van der Waals surface area contributed by atoms with Gasteiger partial charge in [0.2, 0.25) is 0 Å². The third-order valence-electron chi connectivity index (χ3n) is 3.67. The molecule has 0 bridgehead atoms. The predicted molar refractivity (Wildman–Crippen MR) is 88.8 cm³/mol. The van der Waals surface area contributed by atoms with Crippen molar-refractivity contribution in [2.45, 2.75) is 6.92 Å². The van der Waals surface area contributed by atoms with Crippen LogP contribution >= 0.6 is 0 Å². The van der Waals surface area contributed by atoms with Gasteiger partial charge in [0.15, 0.2) is 0 Å². The van der Waals surface area contributed by atoms with E-state index in [0.717, 1.165) is 23.8 Å². The van der Waals surface area contributed by atoms with Gasteiger partial charge in [-0.1, -0.05) is 36.4 Å². The van der Waals surface area contributed by atoms with Crippen LogP contribution in [-0.2, 0) is 0 Å². The summed E-state index contributed by atoms with van der Waals surface area (Å²) in [6, 6.07) is 20.8. The lowest BCUT2D eigenvalue weighted by Crippen LogP contribution is -2.34. The molecule has 1 aliphatic heterocycles. The van der Waals surface area contributed by atoms with E-state index in [1.54, 1.807) is 0 Å². The number of likely N-dealkylation sites (N-methyl/N-ethyl adjacent to an activating group) is 1. The lowest BCUT2D eigenvalue weighted by molar-refractivity contribution is 0.532. The van der Waals surface area contributed by atoms with E-state index in [-0.39, 0.29) is 0 Å². The van der Waals surface area contributed by atoms with Gasteiger partial charge in [0, 0.05) is 18.4 Å². The Balaban J connectivity index is 2.06. The highest BCUT2D eigenvalue weighted by molar-refractivity contribution is 5.82. The highest BCUT2D eigenvalue weighted by Gasteiger charge is 2.18. The van der Waals surface area contributed by atoms with Crippen molar-refractivity contribution in [1.82, 2.24) is 4.90 Å². The molecule has 0 aromatic heterocycles. The molecule has 1 aliphatic rings. The van der Waals surface area contributed by atoms with Crippen molar-refractivity contribution in [3.8, 4) is 0 Å². The summed E-state index contributed by atoms with van der Waals surface area (Å²) in [6.45, 7) is 2.88. The van der Waals surface area contributed by atoms with Crippen molar-refractivity contribution >= 4 is 17.2 Å². The molecule has 0 aliphatic carbocycles. The van der Waals surface area contributed by atoms with Gasteiger partial charge in [-0.05, 0) is 31.2 Å². The molecule has 0 fully saturated rings. The molecule has 0 saturated heterocycles. The molecule has 3 rings (SSSR count). The normalized spacial score (nSPS) is 14.5. The third-order valence-corrected chi connectivity index (χ3v) is 3.67. The molecule has 3 nitrogen and oxygen atoms in total. The van der Waals surface area contributed by atoms with Crippen LogP contribution in [0.5, 0.6) is 0 Å². The molecule has 106 valence electrons. The Morgan fingerprint density at radius 3 is 1.90 bits per heavy atom. The van der Waals surface area contributed by atoms with E-state index in [9.17, 15) is 0 Å². The van der Waals surface area contributed by atoms with Gasteiger partial charge in [-0.15, -0.1) is 0 Å². The number of benzene rings is 2. The summed E-state index contributed by atoms with van der Waals surface area (Å²) in [5, 5.41) is 0. The molecule has 2 aromatic rings. The Kier molecular flexibility index (Phi) is 3.73. The fourth-order valence-corrected chi connectivity index (χ4v) is 2.43. The van der Waals surface area contributed by atoms with E-state index in [2.05, 4.69) is 70.4 Å². The van der Waals surface area contributed by atoms with E-state index in [4.69, 9.17) is 0 Å². The van der Waals surface area contributed by atoms with Gasteiger partial charge in [0.05, 0.1) is 18.4 Å². The van der Waals surface area contributed by atoms with Crippen molar-refractivity contribution in [2.24, 2.45) is 4.99 Å². The highest BCUT2D eigenvalue weighted by Crippen LogP contribution is 2.30. The fourth-order valence-electron chi connectivity index (χ4n) is 2.43. The second-order valence-corrected chi connectivity index (χ2v) is 5.16. The molecule has 0 radical (unpaired) electrons. The van der Waals surface area contributed by atoms with Gasteiger partial charge in [-0.2, -0.15) is 0 Å². The summed E-state index contributed by atoms with van der Waals surface area (Å²) in [5.41, 5.74) is 3.47. The topological polar surface area (TPSA) is 18.8 Å². The van der Waals surface area contributed by atoms with Crippen molar-refractivity contribution in [3.63, 3.8) is 0 Å². The van der Waals surface area contributed by atoms with Crippen LogP contribution in [0.15, 0.2) is 77.6 Å². The molecule has 3 heteroatoms. The van der Waals surface area contributed by atoms with Crippen LogP contribution < -0.4 is 4.90 Å². The van der Waals surface area contributed by atoms with Gasteiger partial charge in [0.25, 0.3) is 0 Å². The van der Waals surface area contributed by atoms with E-state index in [1.807, 2.05) is 25.3 Å². The summed E-state index contributed by atoms with van der Waals surface area (Å²) in [7, 11) is 2.07. The molecular weight excluding hydrogens is 258 g/mol. The Morgan fingerprint density at radius 2 is 1.43 bits per heavy atom. The van der Waals surface area contributed by atoms with Crippen molar-refractivity contribution < 1.29 is 0 Å². The van der Waals surface area contributed by atoms with Crippen LogP contribution in [0.4, 0.5) is 11.4 Å². The second-order valence-electron chi connectivity index (χ2n) is 5.16. The number of aliphatic imine (C=N–C) groups is 1. The summed E-state index contributed by atoms with van der Waals surface area (Å²) < 4.78 is 0. The molecule has 2 aromatic carbocycles. The Hall–Kier alpha value is -2.55. The van der Waals surface area contributed by atoms with Crippen LogP contribution in [0.3, 0.4) is 0 Å². The summed E-state index contributed by atoms with van der Waals surface area (Å²) in [5.74, 6) is 1.04. The van der Waals surface area contributed by atoms with E-state index < -0.39 is 0 Å². The van der Waals surface area contributed by atoms with Crippen molar-refractivity contribution in [2.75, 3.05) is 18.5 Å². The monoisotopic (exact) mass is 277 g/mol. The first-order valence-corrected chi connectivity index (χ1v) is 7.10. The minimum absolute atomic E-state index is 0.846. The molecule has 0 saturated carbocycles. The smallest absolute Gasteiger partial charge is 0.101 e. The van der Waals surface area contributed by atoms with Crippen LogP contribution in [0.1, 0.15) is 6.92 Å². The zero-order valence-corrected chi connectivity index (χ0v) is 12.4. The number of hydrogen-bond donors (Lipinski definition) is 0. The van der Waals surface area contributed by atoms with Gasteiger partial charge >= 0.3 is 0 Å². The summed E-state index contributed by atoms with van der Waals surface area (Å²) in [6.07, 6.45) is 1.97. The standard InChI is InChI=1S/C18H19N3/c1-15-19-13-18(14-20(15)2)21(16-9-5-3-6-10-16)17-11-7-4-8-12-17/h3-13H,14H2,1-2H3. The predicted octanol–water partition coefficient (Wildman–Crippen LogP) is 4.03. The van der Waals surface area contributed by atoms with Crippen molar-refractivity contribution in [1.29, 1.82) is 0 Å². The van der Waals surface area contributed by atoms with Crippen LogP contribution in [0.2, 0.25) is 0 Å². The molecule has 0 N–H and O–H groups in total. The lowest BCUT2D eigenvalue weighted by Gasteiger charge is -2.32. The molecule has 0 amide bonds. The largest absolute Gasteiger partial charge is 0.357 e. The van der Waals surface area contributed by atoms with Crippen LogP contribution in [0, 0.1) is 0 Å². The molecule has 21 heavy (non-hydrogen) atoms. The number of nitrogens with zero attached hydrogens (tertiary/aromatic N) is 3. The Morgan fingerprint density at radius 1 is 0.905 bits per heavy atom. The number of para-hydroxylation sites is 2. The maximum absolute atomic E-state index is 4.50. The summed E-state index contributed by atoms with van der Waals surface area (Å²) in [4.78, 5) is 8.92. The quantitative estimate of drug-likeness (QED) is 0.843. The van der Waals surface area contributed by atoms with Crippen LogP contribution in [0.25, 0.3) is 0 Å². The van der Waals surface area contributed by atoms with E-state index >= 15 is 0 Å². The van der Waals surface area contributed by atoms with E-state index in [1.165, 1.54) is 5.70 Å². The number of amidine groups is 1. The maximum atomic E-state index is 4.50. The second kappa shape index (κ2) is 5.83. The maximum Gasteiger partial charge on any atom is 0.101 e. The molecule has 0 unspecified atom stereocenters. The lowest BCUT2D eigenvalue weighted by atomic mass is 10.2. The van der Waals surface area contributed by atoms with Crippen molar-refractivity contribution in [3.05, 3.63) is 72.6 Å². The fraction of sp³-hybridized carbons (Fsp3) is 0.167. The first kappa shape index (κ1) is 13.4. The molecular formula is C18H19N3. The Labute approximate surface area is 125 Å².